The molecule has 7 nitrogen and oxygen atoms in total. The number of carbonyl (C=O) groups is 2. The van der Waals surface area contributed by atoms with Crippen molar-refractivity contribution in [3.8, 4) is 0 Å². The minimum absolute atomic E-state index is 0.0824. The van der Waals surface area contributed by atoms with Crippen molar-refractivity contribution < 1.29 is 23.6 Å². The highest BCUT2D eigenvalue weighted by molar-refractivity contribution is 6.63. The predicted molar refractivity (Wildman–Crippen MR) is 120 cm³/mol. The molecule has 2 amide bonds. The van der Waals surface area contributed by atoms with Crippen LogP contribution in [0, 0.1) is 0 Å². The molecular formula is C23H35BN2O5. The van der Waals surface area contributed by atoms with Gasteiger partial charge in [-0.05, 0) is 66.9 Å². The van der Waals surface area contributed by atoms with Gasteiger partial charge < -0.3 is 23.8 Å². The highest BCUT2D eigenvalue weighted by Crippen LogP contribution is 2.36. The van der Waals surface area contributed by atoms with Gasteiger partial charge in [-0.15, -0.1) is 0 Å². The Hall–Kier alpha value is -2.06. The van der Waals surface area contributed by atoms with Crippen molar-refractivity contribution in [3.63, 3.8) is 0 Å². The Bertz CT molecular complexity index is 833. The lowest BCUT2D eigenvalue weighted by Crippen LogP contribution is -2.57. The SMILES string of the molecule is CC1CN(C(=O)c2ccccc2B2OC(C)(C)C(C)(C)O2)CCN1C(=O)OC(C)(C)C. The van der Waals surface area contributed by atoms with E-state index in [1.165, 1.54) is 0 Å². The topological polar surface area (TPSA) is 68.3 Å². The van der Waals surface area contributed by atoms with E-state index in [4.69, 9.17) is 14.0 Å². The molecule has 0 aromatic heterocycles. The smallest absolute Gasteiger partial charge is 0.444 e. The Morgan fingerprint density at radius 3 is 2.19 bits per heavy atom. The zero-order valence-electron chi connectivity index (χ0n) is 20.0. The third-order valence-electron chi connectivity index (χ3n) is 6.24. The van der Waals surface area contributed by atoms with E-state index in [-0.39, 0.29) is 18.0 Å². The number of nitrogens with zero attached hydrogens (tertiary/aromatic N) is 2. The molecule has 2 aliphatic heterocycles. The molecule has 0 N–H and O–H groups in total. The lowest BCUT2D eigenvalue weighted by molar-refractivity contribution is 0.00200. The van der Waals surface area contributed by atoms with Crippen molar-refractivity contribution in [1.82, 2.24) is 9.80 Å². The first-order valence-corrected chi connectivity index (χ1v) is 11.0. The molecule has 0 radical (unpaired) electrons. The summed E-state index contributed by atoms with van der Waals surface area (Å²) >= 11 is 0. The van der Waals surface area contributed by atoms with Crippen LogP contribution in [-0.2, 0) is 14.0 Å². The van der Waals surface area contributed by atoms with Crippen molar-refractivity contribution >= 4 is 24.6 Å². The van der Waals surface area contributed by atoms with E-state index in [9.17, 15) is 9.59 Å². The monoisotopic (exact) mass is 430 g/mol. The fourth-order valence-electron chi connectivity index (χ4n) is 3.77. The Labute approximate surface area is 186 Å². The van der Waals surface area contributed by atoms with Crippen LogP contribution in [0.4, 0.5) is 4.79 Å². The molecule has 31 heavy (non-hydrogen) atoms. The van der Waals surface area contributed by atoms with Gasteiger partial charge in [-0.25, -0.2) is 4.79 Å². The summed E-state index contributed by atoms with van der Waals surface area (Å²) in [6.45, 7) is 16.8. The van der Waals surface area contributed by atoms with Crippen LogP contribution in [0.3, 0.4) is 0 Å². The summed E-state index contributed by atoms with van der Waals surface area (Å²) in [5, 5.41) is 0. The average molecular weight is 430 g/mol. The van der Waals surface area contributed by atoms with Gasteiger partial charge in [-0.3, -0.25) is 4.79 Å². The second-order valence-corrected chi connectivity index (χ2v) is 10.4. The molecule has 2 saturated heterocycles. The highest BCUT2D eigenvalue weighted by atomic mass is 16.7. The molecule has 0 bridgehead atoms. The maximum absolute atomic E-state index is 13.4. The molecule has 8 heteroatoms. The Morgan fingerprint density at radius 1 is 1.06 bits per heavy atom. The second kappa shape index (κ2) is 8.13. The van der Waals surface area contributed by atoms with Crippen molar-refractivity contribution in [2.75, 3.05) is 19.6 Å². The number of amides is 2. The molecule has 0 saturated carbocycles. The summed E-state index contributed by atoms with van der Waals surface area (Å²) in [6, 6.07) is 7.29. The minimum atomic E-state index is -0.606. The van der Waals surface area contributed by atoms with E-state index >= 15 is 0 Å². The van der Waals surface area contributed by atoms with Crippen LogP contribution in [-0.4, -0.2) is 71.4 Å². The van der Waals surface area contributed by atoms with Crippen LogP contribution in [0.1, 0.15) is 65.7 Å². The molecule has 0 aliphatic carbocycles. The van der Waals surface area contributed by atoms with E-state index in [1.54, 1.807) is 9.80 Å². The number of carbonyl (C=O) groups excluding carboxylic acids is 2. The van der Waals surface area contributed by atoms with E-state index in [1.807, 2.05) is 79.7 Å². The third kappa shape index (κ3) is 4.90. The molecule has 2 aliphatic rings. The summed E-state index contributed by atoms with van der Waals surface area (Å²) in [7, 11) is -0.606. The van der Waals surface area contributed by atoms with Crippen molar-refractivity contribution in [2.24, 2.45) is 0 Å². The molecule has 2 heterocycles. The second-order valence-electron chi connectivity index (χ2n) is 10.4. The number of benzene rings is 1. The number of ether oxygens (including phenoxy) is 1. The van der Waals surface area contributed by atoms with E-state index < -0.39 is 23.9 Å². The van der Waals surface area contributed by atoms with Crippen LogP contribution in [0.2, 0.25) is 0 Å². The Morgan fingerprint density at radius 2 is 1.65 bits per heavy atom. The fraction of sp³-hybridized carbons (Fsp3) is 0.652. The number of rotatable bonds is 2. The van der Waals surface area contributed by atoms with Crippen LogP contribution in [0.5, 0.6) is 0 Å². The van der Waals surface area contributed by atoms with Crippen LogP contribution in [0.15, 0.2) is 24.3 Å². The fourth-order valence-corrected chi connectivity index (χ4v) is 3.77. The van der Waals surface area contributed by atoms with E-state index in [0.717, 1.165) is 5.46 Å². The molecule has 3 rings (SSSR count). The Balaban J connectivity index is 1.75. The summed E-state index contributed by atoms with van der Waals surface area (Å²) in [6.07, 6.45) is -0.343. The summed E-state index contributed by atoms with van der Waals surface area (Å²) < 4.78 is 17.9. The van der Waals surface area contributed by atoms with Crippen LogP contribution in [0.25, 0.3) is 0 Å². The lowest BCUT2D eigenvalue weighted by Gasteiger charge is -2.40. The van der Waals surface area contributed by atoms with Crippen LogP contribution < -0.4 is 5.46 Å². The standard InChI is InChI=1S/C23H35BN2O5/c1-16-15-25(13-14-26(16)20(28)29-21(2,3)4)19(27)17-11-9-10-12-18(17)24-30-22(5,6)23(7,8)31-24/h9-12,16H,13-15H2,1-8H3. The van der Waals surface area contributed by atoms with Crippen molar-refractivity contribution in [1.29, 1.82) is 0 Å². The number of hydrogen-bond acceptors (Lipinski definition) is 5. The molecule has 0 spiro atoms. The number of hydrogen-bond donors (Lipinski definition) is 0. The van der Waals surface area contributed by atoms with Crippen molar-refractivity contribution in [3.05, 3.63) is 29.8 Å². The largest absolute Gasteiger partial charge is 0.495 e. The molecule has 1 unspecified atom stereocenters. The maximum Gasteiger partial charge on any atom is 0.495 e. The molecule has 2 fully saturated rings. The normalized spacial score (nSPS) is 23.1. The molecule has 1 aromatic rings. The molecule has 1 atom stereocenters. The van der Waals surface area contributed by atoms with Crippen LogP contribution >= 0.6 is 0 Å². The van der Waals surface area contributed by atoms with Gasteiger partial charge in [0.1, 0.15) is 5.60 Å². The predicted octanol–water partition coefficient (Wildman–Crippen LogP) is 3.07. The maximum atomic E-state index is 13.4. The van der Waals surface area contributed by atoms with E-state index in [2.05, 4.69) is 0 Å². The first-order valence-electron chi connectivity index (χ1n) is 11.0. The highest BCUT2D eigenvalue weighted by Gasteiger charge is 2.52. The quantitative estimate of drug-likeness (QED) is 0.675. The third-order valence-corrected chi connectivity index (χ3v) is 6.24. The van der Waals surface area contributed by atoms with Gasteiger partial charge in [0, 0.05) is 31.2 Å². The van der Waals surface area contributed by atoms with Gasteiger partial charge in [-0.2, -0.15) is 0 Å². The van der Waals surface area contributed by atoms with Gasteiger partial charge in [0.05, 0.1) is 11.2 Å². The van der Waals surface area contributed by atoms with Gasteiger partial charge in [0.25, 0.3) is 5.91 Å². The minimum Gasteiger partial charge on any atom is -0.444 e. The zero-order valence-corrected chi connectivity index (χ0v) is 20.0. The average Bonchev–Trinajstić information content (AvgIpc) is 2.86. The van der Waals surface area contributed by atoms with Gasteiger partial charge in [0.2, 0.25) is 0 Å². The zero-order chi connectivity index (χ0) is 23.2. The Kier molecular flexibility index (Phi) is 6.19. The lowest BCUT2D eigenvalue weighted by atomic mass is 9.75. The first-order chi connectivity index (χ1) is 14.2. The molecular weight excluding hydrogens is 395 g/mol. The summed E-state index contributed by atoms with van der Waals surface area (Å²) in [5.74, 6) is -0.0824. The van der Waals surface area contributed by atoms with E-state index in [0.29, 0.717) is 25.2 Å². The molecule has 170 valence electrons. The summed E-state index contributed by atoms with van der Waals surface area (Å²) in [5.41, 5.74) is -0.221. The van der Waals surface area contributed by atoms with Gasteiger partial charge in [-0.1, -0.05) is 18.2 Å². The van der Waals surface area contributed by atoms with Crippen molar-refractivity contribution in [2.45, 2.75) is 78.2 Å². The first kappa shape index (κ1) is 23.6. The van der Waals surface area contributed by atoms with Gasteiger partial charge in [0.15, 0.2) is 0 Å². The van der Waals surface area contributed by atoms with Gasteiger partial charge >= 0.3 is 13.2 Å². The summed E-state index contributed by atoms with van der Waals surface area (Å²) in [4.78, 5) is 29.4. The molecule has 1 aromatic carbocycles. The number of piperazine rings is 1.